The molecule has 4 nitrogen and oxygen atoms in total. The molecule has 0 aliphatic rings. The van der Waals surface area contributed by atoms with Crippen LogP contribution in [0.2, 0.25) is 5.15 Å². The Morgan fingerprint density at radius 2 is 2.17 bits per heavy atom. The number of amides is 1. The summed E-state index contributed by atoms with van der Waals surface area (Å²) in [7, 11) is 0. The van der Waals surface area contributed by atoms with Crippen molar-refractivity contribution < 1.29 is 27.5 Å². The molecule has 0 fully saturated rings. The average Bonchev–Trinajstić information content (AvgIpc) is 2.27. The first-order chi connectivity index (χ1) is 8.21. The van der Waals surface area contributed by atoms with Crippen LogP contribution in [0, 0.1) is 5.82 Å². The fraction of sp³-hybridized carbons (Fsp3) is 0.333. The number of halogens is 5. The lowest BCUT2D eigenvalue weighted by Gasteiger charge is -2.15. The van der Waals surface area contributed by atoms with Gasteiger partial charge in [-0.3, -0.25) is 4.79 Å². The van der Waals surface area contributed by atoms with E-state index in [4.69, 9.17) is 16.7 Å². The number of carbonyl (C=O) groups is 1. The van der Waals surface area contributed by atoms with Gasteiger partial charge in [-0.1, -0.05) is 11.6 Å². The number of hydrogen-bond donors (Lipinski definition) is 2. The molecule has 100 valence electrons. The molecule has 18 heavy (non-hydrogen) atoms. The Balaban J connectivity index is 2.69. The zero-order chi connectivity index (χ0) is 13.9. The third-order valence-electron chi connectivity index (χ3n) is 1.88. The molecule has 2 N–H and O–H groups in total. The Morgan fingerprint density at radius 1 is 1.56 bits per heavy atom. The smallest absolute Gasteiger partial charge is 0.382 e. The van der Waals surface area contributed by atoms with E-state index in [0.29, 0.717) is 0 Å². The maximum Gasteiger partial charge on any atom is 0.416 e. The van der Waals surface area contributed by atoms with Crippen LogP contribution >= 0.6 is 11.6 Å². The Kier molecular flexibility index (Phi) is 4.47. The van der Waals surface area contributed by atoms with Gasteiger partial charge in [-0.2, -0.15) is 13.2 Å². The lowest BCUT2D eigenvalue weighted by atomic mass is 10.2. The highest BCUT2D eigenvalue weighted by atomic mass is 35.5. The van der Waals surface area contributed by atoms with Gasteiger partial charge in [0.1, 0.15) is 11.0 Å². The largest absolute Gasteiger partial charge is 0.416 e. The number of aromatic nitrogens is 1. The zero-order valence-corrected chi connectivity index (χ0v) is 9.39. The number of nitrogens with one attached hydrogen (secondary N) is 1. The number of nitrogens with zero attached hydrogens (tertiary/aromatic N) is 1. The Labute approximate surface area is 104 Å². The van der Waals surface area contributed by atoms with Crippen LogP contribution < -0.4 is 5.32 Å². The van der Waals surface area contributed by atoms with Crippen LogP contribution in [0.4, 0.5) is 17.6 Å². The van der Waals surface area contributed by atoms with Crippen molar-refractivity contribution in [2.75, 3.05) is 6.54 Å². The first-order valence-corrected chi connectivity index (χ1v) is 4.93. The van der Waals surface area contributed by atoms with Crippen molar-refractivity contribution in [2.24, 2.45) is 0 Å². The van der Waals surface area contributed by atoms with Gasteiger partial charge in [-0.25, -0.2) is 9.37 Å². The van der Waals surface area contributed by atoms with E-state index in [1.807, 2.05) is 0 Å². The molecule has 1 rings (SSSR count). The third kappa shape index (κ3) is 3.81. The van der Waals surface area contributed by atoms with Crippen molar-refractivity contribution in [3.05, 3.63) is 28.8 Å². The molecule has 0 spiro atoms. The van der Waals surface area contributed by atoms with Crippen molar-refractivity contribution >= 4 is 17.5 Å². The van der Waals surface area contributed by atoms with Gasteiger partial charge >= 0.3 is 6.18 Å². The van der Waals surface area contributed by atoms with Crippen molar-refractivity contribution in [1.29, 1.82) is 0 Å². The minimum Gasteiger partial charge on any atom is -0.382 e. The molecule has 0 aliphatic carbocycles. The molecule has 0 aliphatic heterocycles. The third-order valence-corrected chi connectivity index (χ3v) is 2.19. The summed E-state index contributed by atoms with van der Waals surface area (Å²) in [6, 6.07) is 0.727. The van der Waals surface area contributed by atoms with Crippen molar-refractivity contribution in [3.8, 4) is 0 Å². The topological polar surface area (TPSA) is 62.2 Å². The monoisotopic (exact) mass is 286 g/mol. The molecule has 1 amide bonds. The van der Waals surface area contributed by atoms with E-state index in [0.717, 1.165) is 12.3 Å². The van der Waals surface area contributed by atoms with Gasteiger partial charge in [0.2, 0.25) is 0 Å². The predicted octanol–water partition coefficient (Wildman–Crippen LogP) is 1.53. The van der Waals surface area contributed by atoms with Crippen molar-refractivity contribution in [1.82, 2.24) is 10.3 Å². The minimum atomic E-state index is -4.85. The summed E-state index contributed by atoms with van der Waals surface area (Å²) in [5, 5.41) is 10.1. The summed E-state index contributed by atoms with van der Waals surface area (Å²) in [6.07, 6.45) is -6.80. The second kappa shape index (κ2) is 5.49. The molecular weight excluding hydrogens is 280 g/mol. The maximum atomic E-state index is 12.8. The molecule has 1 aromatic heterocycles. The van der Waals surface area contributed by atoms with Crippen molar-refractivity contribution in [2.45, 2.75) is 12.3 Å². The van der Waals surface area contributed by atoms with Crippen LogP contribution in [-0.2, 0) is 0 Å². The van der Waals surface area contributed by atoms with E-state index in [2.05, 4.69) is 4.98 Å². The SMILES string of the molecule is O=C(NCC(O)C(F)(F)F)c1cc(F)cnc1Cl. The molecule has 1 atom stereocenters. The van der Waals surface area contributed by atoms with Crippen LogP contribution in [0.25, 0.3) is 0 Å². The van der Waals surface area contributed by atoms with Crippen LogP contribution in [0.1, 0.15) is 10.4 Å². The first-order valence-electron chi connectivity index (χ1n) is 4.56. The van der Waals surface area contributed by atoms with Gasteiger partial charge in [-0.15, -0.1) is 0 Å². The zero-order valence-electron chi connectivity index (χ0n) is 8.63. The molecule has 0 saturated carbocycles. The number of aliphatic hydroxyl groups excluding tert-OH is 1. The molecule has 0 aromatic carbocycles. The van der Waals surface area contributed by atoms with Crippen LogP contribution in [-0.4, -0.2) is 34.8 Å². The molecule has 0 radical (unpaired) electrons. The molecular formula is C9H7ClF4N2O2. The summed E-state index contributed by atoms with van der Waals surface area (Å²) in [5.41, 5.74) is -0.411. The highest BCUT2D eigenvalue weighted by Crippen LogP contribution is 2.19. The van der Waals surface area contributed by atoms with E-state index in [1.165, 1.54) is 0 Å². The highest BCUT2D eigenvalue weighted by molar-refractivity contribution is 6.32. The first kappa shape index (κ1) is 14.7. The lowest BCUT2D eigenvalue weighted by molar-refractivity contribution is -0.201. The van der Waals surface area contributed by atoms with Crippen LogP contribution in [0.5, 0.6) is 0 Å². The number of rotatable bonds is 3. The summed E-state index contributed by atoms with van der Waals surface area (Å²) >= 11 is 5.47. The normalized spacial score (nSPS) is 13.2. The molecule has 1 aromatic rings. The van der Waals surface area contributed by atoms with E-state index in [1.54, 1.807) is 5.32 Å². The summed E-state index contributed by atoms with van der Waals surface area (Å²) < 4.78 is 48.6. The quantitative estimate of drug-likeness (QED) is 0.654. The van der Waals surface area contributed by atoms with Crippen LogP contribution in [0.15, 0.2) is 12.3 Å². The fourth-order valence-electron chi connectivity index (χ4n) is 0.982. The van der Waals surface area contributed by atoms with Crippen molar-refractivity contribution in [3.63, 3.8) is 0 Å². The van der Waals surface area contributed by atoms with E-state index in [9.17, 15) is 22.4 Å². The second-order valence-electron chi connectivity index (χ2n) is 3.26. The number of hydrogen-bond acceptors (Lipinski definition) is 3. The summed E-state index contributed by atoms with van der Waals surface area (Å²) in [5.74, 6) is -1.92. The molecule has 1 heterocycles. The van der Waals surface area contributed by atoms with E-state index in [-0.39, 0.29) is 5.15 Å². The Bertz CT molecular complexity index is 453. The number of alkyl halides is 3. The Morgan fingerprint density at radius 3 is 2.72 bits per heavy atom. The van der Waals surface area contributed by atoms with Gasteiger partial charge in [0.05, 0.1) is 18.3 Å². The molecule has 1 unspecified atom stereocenters. The fourth-order valence-corrected chi connectivity index (χ4v) is 1.17. The van der Waals surface area contributed by atoms with Gasteiger partial charge in [0, 0.05) is 0 Å². The van der Waals surface area contributed by atoms with E-state index < -0.39 is 36.1 Å². The number of aliphatic hydroxyl groups is 1. The predicted molar refractivity (Wildman–Crippen MR) is 53.6 cm³/mol. The van der Waals surface area contributed by atoms with Gasteiger partial charge in [0.15, 0.2) is 6.10 Å². The second-order valence-corrected chi connectivity index (χ2v) is 3.62. The summed E-state index contributed by atoms with van der Waals surface area (Å²) in [6.45, 7) is -1.06. The molecule has 9 heteroatoms. The van der Waals surface area contributed by atoms with Gasteiger partial charge < -0.3 is 10.4 Å². The summed E-state index contributed by atoms with van der Waals surface area (Å²) in [4.78, 5) is 14.7. The highest BCUT2D eigenvalue weighted by Gasteiger charge is 2.38. The average molecular weight is 287 g/mol. The van der Waals surface area contributed by atoms with Gasteiger partial charge in [-0.05, 0) is 6.07 Å². The van der Waals surface area contributed by atoms with E-state index >= 15 is 0 Å². The standard InChI is InChI=1S/C9H7ClF4N2O2/c10-7-5(1-4(11)2-15-7)8(18)16-3-6(17)9(12,13)14/h1-2,6,17H,3H2,(H,16,18). The maximum absolute atomic E-state index is 12.8. The molecule has 0 saturated heterocycles. The Hall–Kier alpha value is -1.41. The van der Waals surface area contributed by atoms with Crippen LogP contribution in [0.3, 0.4) is 0 Å². The lowest BCUT2D eigenvalue weighted by Crippen LogP contribution is -2.40. The minimum absolute atomic E-state index is 0.351. The number of carbonyl (C=O) groups excluding carboxylic acids is 1. The van der Waals surface area contributed by atoms with Gasteiger partial charge in [0.25, 0.3) is 5.91 Å². The molecule has 0 bridgehead atoms. The number of pyridine rings is 1.